The average molecular weight is 293 g/mol. The molecule has 7 nitrogen and oxygen atoms in total. The number of nitrogens with zero attached hydrogens (tertiary/aromatic N) is 3. The SMILES string of the molecule is CCCCCC(C)Nc1nc2c([nH]1)c(=O)n(C)c(=O)n2C. The van der Waals surface area contributed by atoms with Crippen LogP contribution in [-0.2, 0) is 14.1 Å². The Kier molecular flexibility index (Phi) is 4.50. The minimum absolute atomic E-state index is 0.262. The monoisotopic (exact) mass is 293 g/mol. The van der Waals surface area contributed by atoms with Crippen LogP contribution >= 0.6 is 0 Å². The lowest BCUT2D eigenvalue weighted by Gasteiger charge is -2.11. The summed E-state index contributed by atoms with van der Waals surface area (Å²) in [5, 5.41) is 3.25. The maximum absolute atomic E-state index is 12.1. The minimum atomic E-state index is -0.374. The Labute approximate surface area is 123 Å². The van der Waals surface area contributed by atoms with Crippen molar-refractivity contribution < 1.29 is 0 Å². The maximum Gasteiger partial charge on any atom is 0.332 e. The van der Waals surface area contributed by atoms with Crippen molar-refractivity contribution in [3.05, 3.63) is 20.8 Å². The van der Waals surface area contributed by atoms with Gasteiger partial charge in [-0.2, -0.15) is 4.98 Å². The molecule has 1 unspecified atom stereocenters. The van der Waals surface area contributed by atoms with Gasteiger partial charge in [0, 0.05) is 20.1 Å². The van der Waals surface area contributed by atoms with Gasteiger partial charge in [-0.05, 0) is 13.3 Å². The van der Waals surface area contributed by atoms with Gasteiger partial charge in [0.25, 0.3) is 5.56 Å². The van der Waals surface area contributed by atoms with Crippen LogP contribution in [0.4, 0.5) is 5.95 Å². The number of fused-ring (bicyclic) bond motifs is 1. The van der Waals surface area contributed by atoms with Gasteiger partial charge in [0.1, 0.15) is 0 Å². The van der Waals surface area contributed by atoms with Gasteiger partial charge in [-0.3, -0.25) is 13.9 Å². The van der Waals surface area contributed by atoms with Crippen LogP contribution in [-0.4, -0.2) is 25.1 Å². The van der Waals surface area contributed by atoms with Crippen LogP contribution in [0.15, 0.2) is 9.59 Å². The summed E-state index contributed by atoms with van der Waals surface area (Å²) in [5.41, 5.74) is 0.00282. The lowest BCUT2D eigenvalue weighted by molar-refractivity contribution is 0.613. The molecule has 0 aliphatic carbocycles. The third-order valence-corrected chi connectivity index (χ3v) is 3.72. The minimum Gasteiger partial charge on any atom is -0.353 e. The van der Waals surface area contributed by atoms with E-state index in [0.717, 1.165) is 17.4 Å². The molecule has 2 aromatic heterocycles. The summed E-state index contributed by atoms with van der Waals surface area (Å²) in [6.07, 6.45) is 4.60. The fraction of sp³-hybridized carbons (Fsp3) is 0.643. The summed E-state index contributed by atoms with van der Waals surface area (Å²) in [6.45, 7) is 4.26. The van der Waals surface area contributed by atoms with E-state index in [2.05, 4.69) is 29.1 Å². The highest BCUT2D eigenvalue weighted by Crippen LogP contribution is 2.12. The van der Waals surface area contributed by atoms with E-state index in [-0.39, 0.29) is 17.3 Å². The predicted octanol–water partition coefficient (Wildman–Crippen LogP) is 1.34. The molecule has 0 spiro atoms. The van der Waals surface area contributed by atoms with E-state index >= 15 is 0 Å². The number of aryl methyl sites for hydroxylation is 1. The maximum atomic E-state index is 12.1. The molecule has 0 radical (unpaired) electrons. The van der Waals surface area contributed by atoms with Gasteiger partial charge in [0.15, 0.2) is 11.2 Å². The first-order valence-electron chi connectivity index (χ1n) is 7.38. The molecule has 0 aromatic carbocycles. The van der Waals surface area contributed by atoms with Crippen molar-refractivity contribution in [2.45, 2.75) is 45.6 Å². The standard InChI is InChI=1S/C14H23N5O2/c1-5-6-7-8-9(2)15-13-16-10-11(17-13)18(3)14(21)19(4)12(10)20/h9H,5-8H2,1-4H3,(H2,15,16,17). The molecule has 2 heterocycles. The van der Waals surface area contributed by atoms with Crippen LogP contribution in [0.2, 0.25) is 0 Å². The van der Waals surface area contributed by atoms with E-state index < -0.39 is 0 Å². The normalized spacial score (nSPS) is 12.8. The number of aromatic amines is 1. The summed E-state index contributed by atoms with van der Waals surface area (Å²) in [5.74, 6) is 0.535. The van der Waals surface area contributed by atoms with Gasteiger partial charge in [-0.25, -0.2) is 4.79 Å². The number of rotatable bonds is 6. The van der Waals surface area contributed by atoms with Crippen molar-refractivity contribution in [3.8, 4) is 0 Å². The van der Waals surface area contributed by atoms with Gasteiger partial charge in [0.05, 0.1) is 0 Å². The Balaban J connectivity index is 2.28. The molecule has 116 valence electrons. The molecular formula is C14H23N5O2. The van der Waals surface area contributed by atoms with E-state index in [9.17, 15) is 9.59 Å². The molecule has 2 rings (SSSR count). The van der Waals surface area contributed by atoms with Crippen molar-refractivity contribution in [3.63, 3.8) is 0 Å². The molecular weight excluding hydrogens is 270 g/mol. The second kappa shape index (κ2) is 6.15. The number of unbranched alkanes of at least 4 members (excludes halogenated alkanes) is 2. The third-order valence-electron chi connectivity index (χ3n) is 3.72. The first-order chi connectivity index (χ1) is 9.95. The molecule has 0 saturated carbocycles. The third kappa shape index (κ3) is 3.01. The molecule has 0 bridgehead atoms. The van der Waals surface area contributed by atoms with Crippen LogP contribution in [0.5, 0.6) is 0 Å². The number of anilines is 1. The zero-order valence-corrected chi connectivity index (χ0v) is 13.1. The van der Waals surface area contributed by atoms with Crippen LogP contribution in [0.1, 0.15) is 39.5 Å². The predicted molar refractivity (Wildman–Crippen MR) is 83.8 cm³/mol. The molecule has 21 heavy (non-hydrogen) atoms. The smallest absolute Gasteiger partial charge is 0.332 e. The van der Waals surface area contributed by atoms with Crippen LogP contribution in [0.3, 0.4) is 0 Å². The van der Waals surface area contributed by atoms with Crippen molar-refractivity contribution in [2.75, 3.05) is 5.32 Å². The zero-order valence-electron chi connectivity index (χ0n) is 13.1. The lowest BCUT2D eigenvalue weighted by Crippen LogP contribution is -2.36. The average Bonchev–Trinajstić information content (AvgIpc) is 2.87. The Morgan fingerprint density at radius 2 is 1.95 bits per heavy atom. The highest BCUT2D eigenvalue weighted by atomic mass is 16.2. The van der Waals surface area contributed by atoms with E-state index in [1.54, 1.807) is 7.05 Å². The van der Waals surface area contributed by atoms with E-state index in [4.69, 9.17) is 0 Å². The van der Waals surface area contributed by atoms with Crippen LogP contribution in [0, 0.1) is 0 Å². The second-order valence-corrected chi connectivity index (χ2v) is 5.53. The van der Waals surface area contributed by atoms with Gasteiger partial charge in [0.2, 0.25) is 5.95 Å². The number of aromatic nitrogens is 4. The highest BCUT2D eigenvalue weighted by molar-refractivity contribution is 5.72. The Hall–Kier alpha value is -2.05. The van der Waals surface area contributed by atoms with Crippen molar-refractivity contribution in [1.82, 2.24) is 19.1 Å². The molecule has 0 aliphatic heterocycles. The summed E-state index contributed by atoms with van der Waals surface area (Å²) in [4.78, 5) is 31.2. The number of imidazole rings is 1. The molecule has 0 fully saturated rings. The summed E-state index contributed by atoms with van der Waals surface area (Å²) in [6, 6.07) is 0.262. The van der Waals surface area contributed by atoms with Gasteiger partial charge in [-0.15, -0.1) is 0 Å². The van der Waals surface area contributed by atoms with Gasteiger partial charge >= 0.3 is 5.69 Å². The fourth-order valence-corrected chi connectivity index (χ4v) is 2.40. The molecule has 7 heteroatoms. The largest absolute Gasteiger partial charge is 0.353 e. The topological polar surface area (TPSA) is 84.7 Å². The molecule has 0 amide bonds. The quantitative estimate of drug-likeness (QED) is 0.787. The number of hydrogen-bond acceptors (Lipinski definition) is 4. The second-order valence-electron chi connectivity index (χ2n) is 5.53. The lowest BCUT2D eigenvalue weighted by atomic mass is 10.1. The van der Waals surface area contributed by atoms with Crippen molar-refractivity contribution >= 4 is 17.1 Å². The van der Waals surface area contributed by atoms with Crippen LogP contribution < -0.4 is 16.6 Å². The van der Waals surface area contributed by atoms with Gasteiger partial charge in [-0.1, -0.05) is 26.2 Å². The summed E-state index contributed by atoms with van der Waals surface area (Å²) < 4.78 is 2.45. The fourth-order valence-electron chi connectivity index (χ4n) is 2.40. The summed E-state index contributed by atoms with van der Waals surface area (Å²) >= 11 is 0. The Morgan fingerprint density at radius 3 is 2.62 bits per heavy atom. The molecule has 2 N–H and O–H groups in total. The molecule has 0 saturated heterocycles. The van der Waals surface area contributed by atoms with Gasteiger partial charge < -0.3 is 10.3 Å². The molecule has 2 aromatic rings. The number of hydrogen-bond donors (Lipinski definition) is 2. The Morgan fingerprint density at radius 1 is 1.24 bits per heavy atom. The Bertz CT molecular complexity index is 740. The number of H-pyrrole nitrogens is 1. The van der Waals surface area contributed by atoms with Crippen molar-refractivity contribution in [1.29, 1.82) is 0 Å². The zero-order chi connectivity index (χ0) is 15.6. The summed E-state index contributed by atoms with van der Waals surface area (Å²) in [7, 11) is 3.07. The molecule has 1 atom stereocenters. The first kappa shape index (κ1) is 15.3. The van der Waals surface area contributed by atoms with Crippen LogP contribution in [0.25, 0.3) is 11.2 Å². The van der Waals surface area contributed by atoms with E-state index in [1.807, 2.05) is 0 Å². The van der Waals surface area contributed by atoms with E-state index in [1.165, 1.54) is 24.5 Å². The molecule has 0 aliphatic rings. The highest BCUT2D eigenvalue weighted by Gasteiger charge is 2.14. The van der Waals surface area contributed by atoms with E-state index in [0.29, 0.717) is 17.1 Å². The van der Waals surface area contributed by atoms with Crippen molar-refractivity contribution in [2.24, 2.45) is 14.1 Å². The number of nitrogens with one attached hydrogen (secondary N) is 2. The first-order valence-corrected chi connectivity index (χ1v) is 7.38.